The summed E-state index contributed by atoms with van der Waals surface area (Å²) < 4.78 is 42.4. The zero-order chi connectivity index (χ0) is 19.2. The van der Waals surface area contributed by atoms with Crippen molar-refractivity contribution in [2.24, 2.45) is 5.92 Å². The van der Waals surface area contributed by atoms with Gasteiger partial charge in [0, 0.05) is 11.2 Å². The zero-order valence-corrected chi connectivity index (χ0v) is 17.2. The van der Waals surface area contributed by atoms with E-state index in [0.29, 0.717) is 18.3 Å². The first-order chi connectivity index (χ1) is 12.0. The fourth-order valence-corrected chi connectivity index (χ4v) is 3.71. The SMILES string of the molecule is CCS(=O)(=O)Cc1ccc(OCC2CC2)c(B2OC(C)(C)C(C)(C)O2)c1. The van der Waals surface area contributed by atoms with Crippen LogP contribution >= 0.6 is 0 Å². The molecular formula is C19H29BO5S. The minimum absolute atomic E-state index is 0.0128. The van der Waals surface area contributed by atoms with E-state index < -0.39 is 28.2 Å². The fourth-order valence-electron chi connectivity index (χ4n) is 2.82. The van der Waals surface area contributed by atoms with Crippen LogP contribution in [0.4, 0.5) is 0 Å². The van der Waals surface area contributed by atoms with Gasteiger partial charge in [-0.15, -0.1) is 0 Å². The normalized spacial score (nSPS) is 21.8. The maximum atomic E-state index is 12.0. The van der Waals surface area contributed by atoms with Crippen LogP contribution in [0.5, 0.6) is 5.75 Å². The van der Waals surface area contributed by atoms with Crippen molar-refractivity contribution in [3.8, 4) is 5.75 Å². The zero-order valence-electron chi connectivity index (χ0n) is 16.4. The summed E-state index contributed by atoms with van der Waals surface area (Å²) in [6.45, 7) is 10.4. The standard InChI is InChI=1S/C19H29BO5S/c1-6-26(21,22)13-15-9-10-17(23-12-14-7-8-14)16(11-15)20-24-18(2,3)19(4,5)25-20/h9-11,14H,6-8,12-13H2,1-5H3. The molecule has 144 valence electrons. The van der Waals surface area contributed by atoms with Crippen LogP contribution < -0.4 is 10.2 Å². The molecule has 5 nitrogen and oxygen atoms in total. The molecule has 1 aliphatic carbocycles. The van der Waals surface area contributed by atoms with Gasteiger partial charge in [0.1, 0.15) is 5.75 Å². The molecule has 2 fully saturated rings. The third-order valence-corrected chi connectivity index (χ3v) is 7.23. The summed E-state index contributed by atoms with van der Waals surface area (Å²) in [6.07, 6.45) is 2.41. The molecule has 0 atom stereocenters. The predicted octanol–water partition coefficient (Wildman–Crippen LogP) is 2.71. The maximum Gasteiger partial charge on any atom is 0.498 e. The van der Waals surface area contributed by atoms with Gasteiger partial charge in [0.25, 0.3) is 0 Å². The number of benzene rings is 1. The lowest BCUT2D eigenvalue weighted by Crippen LogP contribution is -2.41. The molecule has 1 aromatic rings. The number of rotatable bonds is 7. The Balaban J connectivity index is 1.90. The summed E-state index contributed by atoms with van der Waals surface area (Å²) >= 11 is 0. The Morgan fingerprint density at radius 1 is 1.15 bits per heavy atom. The summed E-state index contributed by atoms with van der Waals surface area (Å²) in [6, 6.07) is 5.53. The molecule has 0 aromatic heterocycles. The van der Waals surface area contributed by atoms with E-state index >= 15 is 0 Å². The van der Waals surface area contributed by atoms with Crippen LogP contribution in [0.25, 0.3) is 0 Å². The summed E-state index contributed by atoms with van der Waals surface area (Å²) in [7, 11) is -3.68. The second kappa shape index (κ2) is 6.84. The van der Waals surface area contributed by atoms with Gasteiger partial charge < -0.3 is 14.0 Å². The fraction of sp³-hybridized carbons (Fsp3) is 0.684. The summed E-state index contributed by atoms with van der Waals surface area (Å²) in [4.78, 5) is 0. The Bertz CT molecular complexity index is 752. The summed E-state index contributed by atoms with van der Waals surface area (Å²) in [5, 5.41) is 0. The highest BCUT2D eigenvalue weighted by atomic mass is 32.2. The van der Waals surface area contributed by atoms with Crippen LogP contribution in [0.3, 0.4) is 0 Å². The van der Waals surface area contributed by atoms with Gasteiger partial charge in [0.2, 0.25) is 0 Å². The predicted molar refractivity (Wildman–Crippen MR) is 104 cm³/mol. The third kappa shape index (κ3) is 4.26. The van der Waals surface area contributed by atoms with Gasteiger partial charge >= 0.3 is 7.12 Å². The lowest BCUT2D eigenvalue weighted by atomic mass is 9.77. The molecule has 1 aromatic carbocycles. The van der Waals surface area contributed by atoms with Crippen LogP contribution in [0, 0.1) is 5.92 Å². The first-order valence-electron chi connectivity index (χ1n) is 9.35. The largest absolute Gasteiger partial charge is 0.498 e. The summed E-state index contributed by atoms with van der Waals surface area (Å²) in [5.41, 5.74) is 0.580. The molecule has 0 radical (unpaired) electrons. The van der Waals surface area contributed by atoms with Gasteiger partial charge in [-0.05, 0) is 58.1 Å². The van der Waals surface area contributed by atoms with Crippen molar-refractivity contribution in [1.82, 2.24) is 0 Å². The molecule has 1 heterocycles. The average Bonchev–Trinajstić information content (AvgIpc) is 3.33. The van der Waals surface area contributed by atoms with Crippen LogP contribution in [-0.2, 0) is 24.9 Å². The van der Waals surface area contributed by atoms with Crippen molar-refractivity contribution in [2.75, 3.05) is 12.4 Å². The maximum absolute atomic E-state index is 12.0. The molecule has 3 rings (SSSR count). The van der Waals surface area contributed by atoms with Gasteiger partial charge in [-0.3, -0.25) is 0 Å². The lowest BCUT2D eigenvalue weighted by molar-refractivity contribution is 0.00578. The molecule has 7 heteroatoms. The highest BCUT2D eigenvalue weighted by molar-refractivity contribution is 7.90. The molecular weight excluding hydrogens is 351 g/mol. The quantitative estimate of drug-likeness (QED) is 0.681. The van der Waals surface area contributed by atoms with Crippen LogP contribution in [0.1, 0.15) is 53.0 Å². The highest BCUT2D eigenvalue weighted by Gasteiger charge is 2.52. The Morgan fingerprint density at radius 2 is 1.77 bits per heavy atom. The molecule has 0 amide bonds. The summed E-state index contributed by atoms with van der Waals surface area (Å²) in [5.74, 6) is 1.48. The van der Waals surface area contributed by atoms with E-state index in [1.54, 1.807) is 6.92 Å². The lowest BCUT2D eigenvalue weighted by Gasteiger charge is -2.32. The van der Waals surface area contributed by atoms with Crippen molar-refractivity contribution >= 4 is 22.4 Å². The molecule has 0 N–H and O–H groups in total. The number of hydrogen-bond donors (Lipinski definition) is 0. The third-order valence-electron chi connectivity index (χ3n) is 5.58. The average molecular weight is 380 g/mol. The van der Waals surface area contributed by atoms with E-state index in [0.717, 1.165) is 11.0 Å². The van der Waals surface area contributed by atoms with E-state index in [2.05, 4.69) is 0 Å². The first kappa shape index (κ1) is 19.7. The van der Waals surface area contributed by atoms with Gasteiger partial charge in [-0.25, -0.2) is 8.42 Å². The molecule has 0 unspecified atom stereocenters. The Morgan fingerprint density at radius 3 is 2.31 bits per heavy atom. The molecule has 26 heavy (non-hydrogen) atoms. The van der Waals surface area contributed by atoms with E-state index in [1.807, 2.05) is 45.9 Å². The molecule has 2 aliphatic rings. The van der Waals surface area contributed by atoms with Gasteiger partial charge in [-0.2, -0.15) is 0 Å². The van der Waals surface area contributed by atoms with Crippen molar-refractivity contribution in [3.05, 3.63) is 23.8 Å². The van der Waals surface area contributed by atoms with E-state index in [-0.39, 0.29) is 11.5 Å². The van der Waals surface area contributed by atoms with Gasteiger partial charge in [-0.1, -0.05) is 19.1 Å². The minimum Gasteiger partial charge on any atom is -0.494 e. The second-order valence-electron chi connectivity index (χ2n) is 8.39. The second-order valence-corrected chi connectivity index (χ2v) is 10.7. The monoisotopic (exact) mass is 380 g/mol. The number of ether oxygens (including phenoxy) is 1. The Hall–Kier alpha value is -1.05. The van der Waals surface area contributed by atoms with E-state index in [1.165, 1.54) is 12.8 Å². The van der Waals surface area contributed by atoms with E-state index in [4.69, 9.17) is 14.0 Å². The minimum atomic E-state index is -3.11. The van der Waals surface area contributed by atoms with Crippen LogP contribution in [-0.4, -0.2) is 39.1 Å². The molecule has 0 spiro atoms. The Labute approximate surface area is 157 Å². The Kier molecular flexibility index (Phi) is 5.19. The molecule has 1 saturated carbocycles. The number of hydrogen-bond acceptors (Lipinski definition) is 5. The smallest absolute Gasteiger partial charge is 0.494 e. The van der Waals surface area contributed by atoms with Crippen molar-refractivity contribution in [1.29, 1.82) is 0 Å². The van der Waals surface area contributed by atoms with Crippen LogP contribution in [0.15, 0.2) is 18.2 Å². The molecule has 0 bridgehead atoms. The van der Waals surface area contributed by atoms with E-state index in [9.17, 15) is 8.42 Å². The topological polar surface area (TPSA) is 61.8 Å². The number of sulfone groups is 1. The van der Waals surface area contributed by atoms with Crippen molar-refractivity contribution in [2.45, 2.75) is 64.4 Å². The van der Waals surface area contributed by atoms with Crippen molar-refractivity contribution in [3.63, 3.8) is 0 Å². The van der Waals surface area contributed by atoms with Gasteiger partial charge in [0.15, 0.2) is 9.84 Å². The van der Waals surface area contributed by atoms with Crippen molar-refractivity contribution < 1.29 is 22.5 Å². The molecule has 1 aliphatic heterocycles. The van der Waals surface area contributed by atoms with Gasteiger partial charge in [0.05, 0.1) is 23.6 Å². The van der Waals surface area contributed by atoms with Crippen LogP contribution in [0.2, 0.25) is 0 Å². The first-order valence-corrected chi connectivity index (χ1v) is 11.2. The highest BCUT2D eigenvalue weighted by Crippen LogP contribution is 2.37. The molecule has 1 saturated heterocycles.